The number of nitrogens with one attached hydrogen (secondary N) is 2. The summed E-state index contributed by atoms with van der Waals surface area (Å²) in [5.41, 5.74) is 19.4. The van der Waals surface area contributed by atoms with Crippen LogP contribution < -0.4 is 39.3 Å². The molecule has 1 aliphatic heterocycles. The number of para-hydroxylation sites is 1. The smallest absolute Gasteiger partial charge is 0.351 e. The number of ether oxygens (including phenoxy) is 1. The first kappa shape index (κ1) is 41.1. The van der Waals surface area contributed by atoms with Crippen molar-refractivity contribution >= 4 is 46.6 Å². The minimum atomic E-state index is -2.87. The van der Waals surface area contributed by atoms with Gasteiger partial charge in [-0.25, -0.2) is 14.6 Å². The van der Waals surface area contributed by atoms with Crippen LogP contribution in [0, 0.1) is 13.8 Å². The van der Waals surface area contributed by atoms with Crippen molar-refractivity contribution in [2.45, 2.75) is 63.0 Å². The number of carboxylic acid groups (broad SMARTS) is 1. The van der Waals surface area contributed by atoms with Gasteiger partial charge in [0.2, 0.25) is 5.91 Å². The maximum atomic E-state index is 12.4. The standard InChI is InChI=1S/C19H30N8O9.C12H12N2OS/c20-10(7-29)15(31)25-11-1-2-12(27-5-8(6-28)14(21)26-18(27)34)36-13(11)19(35,16(32)33)3-9(30)4-24-17(22)23;1-8-11(16-9(2)13-8)12(15)14-10-6-4-3-5-7-10/h1-2,5,9-13,28-30,35H,3-4,6-7,20H2,(H,25,31)(H,32,33)(H2,21,26,34)(H4,22,23,24);3-7H,1-2H3,(H,14,15)/t9-,10+,11+,12-,13+,19-;/m1./s1. The molecule has 0 bridgehead atoms. The molecular formula is C31H42N10O10S. The van der Waals surface area contributed by atoms with E-state index in [1.807, 2.05) is 44.2 Å². The van der Waals surface area contributed by atoms with Crippen LogP contribution >= 0.6 is 11.3 Å². The maximum Gasteiger partial charge on any atom is 0.351 e. The molecule has 0 unspecified atom stereocenters. The number of carbonyl (C=O) groups is 3. The molecule has 0 saturated heterocycles. The molecule has 3 heterocycles. The molecule has 6 atom stereocenters. The highest BCUT2D eigenvalue weighted by Crippen LogP contribution is 2.32. The third kappa shape index (κ3) is 10.6. The van der Waals surface area contributed by atoms with E-state index in [1.165, 1.54) is 23.5 Å². The van der Waals surface area contributed by atoms with Crippen LogP contribution in [0.2, 0.25) is 0 Å². The highest BCUT2D eigenvalue weighted by Gasteiger charge is 2.52. The number of nitrogens with two attached hydrogens (primary N) is 4. The number of amides is 2. The summed E-state index contributed by atoms with van der Waals surface area (Å²) in [7, 11) is 0. The topological polar surface area (TPSA) is 350 Å². The Balaban J connectivity index is 0.000000376. The number of hydrogen-bond donors (Lipinski definition) is 11. The first-order valence-corrected chi connectivity index (χ1v) is 16.3. The highest BCUT2D eigenvalue weighted by atomic mass is 32.1. The SMILES string of the molecule is Cc1nc(C)c(C(=O)Nc2ccccc2)s1.NC(N)=NC[C@H](O)C[C@](O)(C(=O)O)[C@H]1O[C@@H](n2cc(CO)c(N)nc2=O)C=C[C@@H]1NC(=O)[C@@H](N)CO. The lowest BCUT2D eigenvalue weighted by atomic mass is 9.84. The molecule has 2 amide bonds. The summed E-state index contributed by atoms with van der Waals surface area (Å²) in [5.74, 6) is -3.45. The zero-order valence-corrected chi connectivity index (χ0v) is 28.9. The van der Waals surface area contributed by atoms with Crippen LogP contribution in [0.1, 0.15) is 38.6 Å². The Morgan fingerprint density at radius 2 is 1.81 bits per heavy atom. The van der Waals surface area contributed by atoms with E-state index in [2.05, 4.69) is 25.6 Å². The van der Waals surface area contributed by atoms with Gasteiger partial charge in [-0.1, -0.05) is 24.3 Å². The van der Waals surface area contributed by atoms with Crippen molar-refractivity contribution < 1.29 is 44.7 Å². The van der Waals surface area contributed by atoms with Gasteiger partial charge in [-0.05, 0) is 32.1 Å². The molecule has 21 heteroatoms. The number of hydrogen-bond acceptors (Lipinski definition) is 15. The molecule has 0 radical (unpaired) electrons. The monoisotopic (exact) mass is 746 g/mol. The van der Waals surface area contributed by atoms with Gasteiger partial charge in [-0.3, -0.25) is 19.1 Å². The molecule has 15 N–H and O–H groups in total. The third-order valence-electron chi connectivity index (χ3n) is 7.46. The van der Waals surface area contributed by atoms with E-state index in [4.69, 9.17) is 32.8 Å². The summed E-state index contributed by atoms with van der Waals surface area (Å²) in [6.45, 7) is 1.98. The molecule has 1 aliphatic rings. The minimum absolute atomic E-state index is 0.0636. The zero-order valence-electron chi connectivity index (χ0n) is 28.1. The van der Waals surface area contributed by atoms with Crippen LogP contribution in [0.15, 0.2) is 58.5 Å². The molecule has 52 heavy (non-hydrogen) atoms. The van der Waals surface area contributed by atoms with E-state index < -0.39 is 79.9 Å². The number of aryl methyl sites for hydroxylation is 2. The van der Waals surface area contributed by atoms with E-state index in [0.717, 1.165) is 27.2 Å². The second kappa shape index (κ2) is 18.3. The third-order valence-corrected chi connectivity index (χ3v) is 8.53. The summed E-state index contributed by atoms with van der Waals surface area (Å²) in [5, 5.41) is 56.0. The zero-order chi connectivity index (χ0) is 38.7. The second-order valence-corrected chi connectivity index (χ2v) is 12.7. The van der Waals surface area contributed by atoms with Crippen LogP contribution in [0.25, 0.3) is 0 Å². The molecule has 0 saturated carbocycles. The Morgan fingerprint density at radius 3 is 2.37 bits per heavy atom. The predicted molar refractivity (Wildman–Crippen MR) is 189 cm³/mol. The number of nitrogen functional groups attached to an aromatic ring is 1. The van der Waals surface area contributed by atoms with E-state index >= 15 is 0 Å². The van der Waals surface area contributed by atoms with Gasteiger partial charge in [0.15, 0.2) is 17.8 Å². The number of aliphatic imine (C=N–C) groups is 1. The Hall–Kier alpha value is -5.29. The summed E-state index contributed by atoms with van der Waals surface area (Å²) in [6.07, 6.45) is -2.01. The molecular weight excluding hydrogens is 704 g/mol. The van der Waals surface area contributed by atoms with Crippen LogP contribution in [0.5, 0.6) is 0 Å². The van der Waals surface area contributed by atoms with E-state index in [9.17, 15) is 39.6 Å². The number of carboxylic acids is 1. The van der Waals surface area contributed by atoms with E-state index in [1.54, 1.807) is 0 Å². The van der Waals surface area contributed by atoms with Crippen molar-refractivity contribution in [3.05, 3.63) is 80.3 Å². The van der Waals surface area contributed by atoms with Crippen molar-refractivity contribution in [3.8, 4) is 0 Å². The normalized spacial score (nSPS) is 18.9. The van der Waals surface area contributed by atoms with Crippen LogP contribution in [-0.2, 0) is 20.9 Å². The first-order valence-electron chi connectivity index (χ1n) is 15.5. The van der Waals surface area contributed by atoms with Gasteiger partial charge in [0, 0.05) is 23.9 Å². The molecule has 0 spiro atoms. The number of guanidine groups is 1. The van der Waals surface area contributed by atoms with Crippen molar-refractivity contribution in [2.24, 2.45) is 22.2 Å². The quantitative estimate of drug-likeness (QED) is 0.0486. The number of benzene rings is 1. The van der Waals surface area contributed by atoms with Gasteiger partial charge in [0.25, 0.3) is 5.91 Å². The number of anilines is 2. The number of aliphatic hydroxyl groups is 4. The minimum Gasteiger partial charge on any atom is -0.479 e. The number of aromatic nitrogens is 3. The van der Waals surface area contributed by atoms with Gasteiger partial charge < -0.3 is 63.8 Å². The fourth-order valence-electron chi connectivity index (χ4n) is 4.88. The van der Waals surface area contributed by atoms with Crippen molar-refractivity contribution in [3.63, 3.8) is 0 Å². The fourth-order valence-corrected chi connectivity index (χ4v) is 5.69. The molecule has 0 aliphatic carbocycles. The van der Waals surface area contributed by atoms with E-state index in [0.29, 0.717) is 4.88 Å². The van der Waals surface area contributed by atoms with Crippen LogP contribution in [0.3, 0.4) is 0 Å². The Kier molecular flexibility index (Phi) is 14.5. The summed E-state index contributed by atoms with van der Waals surface area (Å²) < 4.78 is 6.62. The maximum absolute atomic E-state index is 12.4. The van der Waals surface area contributed by atoms with Gasteiger partial charge in [0.05, 0.1) is 42.6 Å². The lowest BCUT2D eigenvalue weighted by Gasteiger charge is -2.41. The summed E-state index contributed by atoms with van der Waals surface area (Å²) >= 11 is 1.42. The summed E-state index contributed by atoms with van der Waals surface area (Å²) in [4.78, 5) is 60.9. The predicted octanol–water partition coefficient (Wildman–Crippen LogP) is -2.57. The molecule has 1 aromatic carbocycles. The number of nitrogens with zero attached hydrogens (tertiary/aromatic N) is 4. The molecule has 3 aromatic rings. The Bertz CT molecular complexity index is 1830. The summed E-state index contributed by atoms with van der Waals surface area (Å²) in [6, 6.07) is 6.69. The average molecular weight is 747 g/mol. The number of aliphatic hydroxyl groups excluding tert-OH is 3. The Labute approximate surface area is 300 Å². The second-order valence-electron chi connectivity index (χ2n) is 11.5. The Morgan fingerprint density at radius 1 is 1.13 bits per heavy atom. The van der Waals surface area contributed by atoms with E-state index in [-0.39, 0.29) is 23.2 Å². The molecule has 0 fully saturated rings. The number of rotatable bonds is 13. The first-order chi connectivity index (χ1) is 24.5. The van der Waals surface area contributed by atoms with Crippen LogP contribution in [0.4, 0.5) is 11.5 Å². The van der Waals surface area contributed by atoms with Gasteiger partial charge in [-0.15, -0.1) is 11.3 Å². The number of aliphatic carboxylic acids is 1. The van der Waals surface area contributed by atoms with Crippen molar-refractivity contribution in [1.82, 2.24) is 19.9 Å². The number of carbonyl (C=O) groups excluding carboxylic acids is 2. The average Bonchev–Trinajstić information content (AvgIpc) is 3.45. The molecule has 282 valence electrons. The number of thiazole rings is 1. The fraction of sp³-hybridized carbons (Fsp3) is 0.387. The lowest BCUT2D eigenvalue weighted by molar-refractivity contribution is -0.197. The lowest BCUT2D eigenvalue weighted by Crippen LogP contribution is -2.63. The molecule has 4 rings (SSSR count). The van der Waals surface area contributed by atoms with Gasteiger partial charge in [0.1, 0.15) is 22.8 Å². The van der Waals surface area contributed by atoms with Gasteiger partial charge in [-0.2, -0.15) is 4.98 Å². The molecule has 2 aromatic heterocycles. The van der Waals surface area contributed by atoms with Crippen molar-refractivity contribution in [1.29, 1.82) is 0 Å². The highest BCUT2D eigenvalue weighted by molar-refractivity contribution is 7.13. The largest absolute Gasteiger partial charge is 0.479 e. The van der Waals surface area contributed by atoms with Crippen molar-refractivity contribution in [2.75, 3.05) is 24.2 Å². The molecule has 20 nitrogen and oxygen atoms in total. The van der Waals surface area contributed by atoms with Gasteiger partial charge >= 0.3 is 11.7 Å². The van der Waals surface area contributed by atoms with Crippen LogP contribution in [-0.4, -0.2) is 107 Å².